The maximum atomic E-state index is 12.6. The van der Waals surface area contributed by atoms with Crippen molar-refractivity contribution < 1.29 is 9.53 Å². The van der Waals surface area contributed by atoms with Gasteiger partial charge in [-0.05, 0) is 42.0 Å². The van der Waals surface area contributed by atoms with E-state index in [0.29, 0.717) is 0 Å². The molecular weight excluding hydrogens is 318 g/mol. The van der Waals surface area contributed by atoms with Gasteiger partial charge in [0.25, 0.3) is 5.91 Å². The second-order valence-corrected chi connectivity index (χ2v) is 6.19. The lowest BCUT2D eigenvalue weighted by Crippen LogP contribution is -2.29. The largest absolute Gasteiger partial charge is 0.367 e. The summed E-state index contributed by atoms with van der Waals surface area (Å²) in [4.78, 5) is 13.8. The van der Waals surface area contributed by atoms with Gasteiger partial charge in [-0.3, -0.25) is 4.79 Å². The molecule has 0 spiro atoms. The molecular formula is C20H23NO2S. The van der Waals surface area contributed by atoms with Gasteiger partial charge in [0.1, 0.15) is 0 Å². The highest BCUT2D eigenvalue weighted by Crippen LogP contribution is 2.19. The number of carbonyl (C=O) groups is 1. The van der Waals surface area contributed by atoms with Crippen molar-refractivity contribution in [3.8, 4) is 0 Å². The molecule has 0 bridgehead atoms. The fourth-order valence-corrected chi connectivity index (χ4v) is 2.78. The minimum absolute atomic E-state index is 0.155. The Morgan fingerprint density at radius 2 is 1.83 bits per heavy atom. The number of thioether (sulfide) groups is 1. The number of carbonyl (C=O) groups excluding carboxylic acids is 1. The molecule has 1 atom stereocenters. The Morgan fingerprint density at radius 1 is 1.17 bits per heavy atom. The van der Waals surface area contributed by atoms with E-state index in [1.165, 1.54) is 4.90 Å². The highest BCUT2D eigenvalue weighted by atomic mass is 32.2. The van der Waals surface area contributed by atoms with Crippen LogP contribution >= 0.6 is 11.8 Å². The first-order valence-electron chi connectivity index (χ1n) is 7.91. The summed E-state index contributed by atoms with van der Waals surface area (Å²) >= 11 is 1.71. The molecule has 1 N–H and O–H groups in total. The van der Waals surface area contributed by atoms with Gasteiger partial charge in [-0.25, -0.2) is 0 Å². The Labute approximate surface area is 148 Å². The Balaban J connectivity index is 2.12. The lowest BCUT2D eigenvalue weighted by atomic mass is 10.1. The van der Waals surface area contributed by atoms with Crippen LogP contribution in [0.4, 0.5) is 0 Å². The minimum Gasteiger partial charge on any atom is -0.367 e. The van der Waals surface area contributed by atoms with E-state index in [0.717, 1.165) is 23.2 Å². The van der Waals surface area contributed by atoms with Crippen molar-refractivity contribution in [2.75, 3.05) is 13.4 Å². The second-order valence-electron chi connectivity index (χ2n) is 5.31. The molecule has 3 nitrogen and oxygen atoms in total. The number of benzene rings is 2. The van der Waals surface area contributed by atoms with Crippen LogP contribution in [0.1, 0.15) is 30.6 Å². The predicted molar refractivity (Wildman–Crippen MR) is 101 cm³/mol. The quantitative estimate of drug-likeness (QED) is 0.744. The number of rotatable bonds is 7. The first kappa shape index (κ1) is 18.3. The Kier molecular flexibility index (Phi) is 7.09. The van der Waals surface area contributed by atoms with Crippen molar-refractivity contribution in [3.63, 3.8) is 0 Å². The lowest BCUT2D eigenvalue weighted by molar-refractivity contribution is -0.130. The fraction of sp³-hybridized carbons (Fsp3) is 0.250. The van der Waals surface area contributed by atoms with E-state index >= 15 is 0 Å². The molecule has 0 aliphatic heterocycles. The van der Waals surface area contributed by atoms with Crippen LogP contribution in [0, 0.1) is 0 Å². The van der Waals surface area contributed by atoms with Gasteiger partial charge in [0.15, 0.2) is 6.10 Å². The van der Waals surface area contributed by atoms with Crippen LogP contribution in [0.5, 0.6) is 0 Å². The first-order chi connectivity index (χ1) is 11.7. The van der Waals surface area contributed by atoms with E-state index in [-0.39, 0.29) is 5.91 Å². The van der Waals surface area contributed by atoms with Crippen LogP contribution in [0.25, 0.3) is 6.08 Å². The zero-order valence-electron chi connectivity index (χ0n) is 14.3. The molecule has 24 heavy (non-hydrogen) atoms. The molecule has 2 rings (SSSR count). The summed E-state index contributed by atoms with van der Waals surface area (Å²) in [5.41, 5.74) is 2.78. The molecule has 1 amide bonds. The topological polar surface area (TPSA) is 38.3 Å². The average molecular weight is 341 g/mol. The highest BCUT2D eigenvalue weighted by Gasteiger charge is 2.20. The van der Waals surface area contributed by atoms with E-state index < -0.39 is 6.10 Å². The normalized spacial score (nSPS) is 12.7. The van der Waals surface area contributed by atoms with Crippen LogP contribution in [0.15, 0.2) is 65.2 Å². The molecule has 126 valence electrons. The Morgan fingerprint density at radius 3 is 2.38 bits per heavy atom. The molecule has 0 heterocycles. The van der Waals surface area contributed by atoms with Gasteiger partial charge in [0.2, 0.25) is 0 Å². The van der Waals surface area contributed by atoms with E-state index in [4.69, 9.17) is 4.74 Å². The first-order valence-corrected chi connectivity index (χ1v) is 9.13. The van der Waals surface area contributed by atoms with Crippen LogP contribution in [0.3, 0.4) is 0 Å². The molecule has 0 saturated carbocycles. The van der Waals surface area contributed by atoms with Crippen molar-refractivity contribution in [2.45, 2.75) is 24.3 Å². The van der Waals surface area contributed by atoms with E-state index in [2.05, 4.69) is 35.8 Å². The molecule has 0 radical (unpaired) electrons. The molecule has 2 aromatic carbocycles. The van der Waals surface area contributed by atoms with Crippen molar-refractivity contribution >= 4 is 23.7 Å². The Hall–Kier alpha value is -2.04. The summed E-state index contributed by atoms with van der Waals surface area (Å²) in [6.07, 6.45) is 4.18. The SMILES string of the molecule is CCC(=Cc1ccc(SC)cc1)NC(=O)C(OC)c1ccccc1. The van der Waals surface area contributed by atoms with Crippen molar-refractivity contribution in [1.29, 1.82) is 0 Å². The van der Waals surface area contributed by atoms with Gasteiger partial charge in [-0.2, -0.15) is 0 Å². The van der Waals surface area contributed by atoms with Gasteiger partial charge in [0, 0.05) is 17.7 Å². The van der Waals surface area contributed by atoms with Crippen molar-refractivity contribution in [3.05, 3.63) is 71.4 Å². The highest BCUT2D eigenvalue weighted by molar-refractivity contribution is 7.98. The molecule has 4 heteroatoms. The standard InChI is InChI=1S/C20H23NO2S/c1-4-17(14-15-10-12-18(24-3)13-11-15)21-20(22)19(23-2)16-8-6-5-7-9-16/h5-14,19H,4H2,1-3H3,(H,21,22). The average Bonchev–Trinajstić information content (AvgIpc) is 2.63. The van der Waals surface area contributed by atoms with E-state index in [1.54, 1.807) is 18.9 Å². The van der Waals surface area contributed by atoms with Crippen LogP contribution < -0.4 is 5.32 Å². The van der Waals surface area contributed by atoms with Crippen LogP contribution in [-0.4, -0.2) is 19.3 Å². The maximum absolute atomic E-state index is 12.6. The Bertz CT molecular complexity index is 681. The fourth-order valence-electron chi connectivity index (χ4n) is 2.37. The molecule has 0 aromatic heterocycles. The lowest BCUT2D eigenvalue weighted by Gasteiger charge is -2.17. The summed E-state index contributed by atoms with van der Waals surface area (Å²) in [6.45, 7) is 2.02. The third kappa shape index (κ3) is 4.98. The molecule has 0 aliphatic rings. The monoisotopic (exact) mass is 341 g/mol. The number of methoxy groups -OCH3 is 1. The number of allylic oxidation sites excluding steroid dienone is 1. The minimum atomic E-state index is -0.611. The molecule has 0 saturated heterocycles. The van der Waals surface area contributed by atoms with Crippen LogP contribution in [0.2, 0.25) is 0 Å². The van der Waals surface area contributed by atoms with Crippen molar-refractivity contribution in [2.24, 2.45) is 0 Å². The number of amides is 1. The van der Waals surface area contributed by atoms with Gasteiger partial charge >= 0.3 is 0 Å². The second kappa shape index (κ2) is 9.30. The number of hydrogen-bond acceptors (Lipinski definition) is 3. The van der Waals surface area contributed by atoms with Gasteiger partial charge in [-0.15, -0.1) is 11.8 Å². The predicted octanol–water partition coefficient (Wildman–Crippen LogP) is 4.66. The zero-order valence-corrected chi connectivity index (χ0v) is 15.1. The molecule has 0 aliphatic carbocycles. The smallest absolute Gasteiger partial charge is 0.257 e. The van der Waals surface area contributed by atoms with E-state index in [1.807, 2.05) is 43.3 Å². The molecule has 2 aromatic rings. The van der Waals surface area contributed by atoms with Crippen LogP contribution in [-0.2, 0) is 9.53 Å². The summed E-state index contributed by atoms with van der Waals surface area (Å²) < 4.78 is 5.38. The number of ether oxygens (including phenoxy) is 1. The third-order valence-electron chi connectivity index (χ3n) is 3.70. The molecule has 1 unspecified atom stereocenters. The molecule has 0 fully saturated rings. The van der Waals surface area contributed by atoms with Gasteiger partial charge < -0.3 is 10.1 Å². The summed E-state index contributed by atoms with van der Waals surface area (Å²) in [5.74, 6) is -0.155. The van der Waals surface area contributed by atoms with Crippen molar-refractivity contribution in [1.82, 2.24) is 5.32 Å². The number of hydrogen-bond donors (Lipinski definition) is 1. The summed E-state index contributed by atoms with van der Waals surface area (Å²) in [6, 6.07) is 17.8. The van der Waals surface area contributed by atoms with Gasteiger partial charge in [0.05, 0.1) is 0 Å². The summed E-state index contributed by atoms with van der Waals surface area (Å²) in [7, 11) is 1.55. The third-order valence-corrected chi connectivity index (χ3v) is 4.44. The van der Waals surface area contributed by atoms with Gasteiger partial charge in [-0.1, -0.05) is 49.4 Å². The maximum Gasteiger partial charge on any atom is 0.257 e. The zero-order chi connectivity index (χ0) is 17.4. The number of nitrogens with one attached hydrogen (secondary N) is 1. The van der Waals surface area contributed by atoms with E-state index in [9.17, 15) is 4.79 Å². The summed E-state index contributed by atoms with van der Waals surface area (Å²) in [5, 5.41) is 2.99.